The highest BCUT2D eigenvalue weighted by Crippen LogP contribution is 2.33. The molecule has 2 aromatic carbocycles. The third-order valence-electron chi connectivity index (χ3n) is 4.09. The molecule has 0 unspecified atom stereocenters. The van der Waals surface area contributed by atoms with E-state index < -0.39 is 0 Å². The van der Waals surface area contributed by atoms with E-state index in [0.717, 1.165) is 16.2 Å². The van der Waals surface area contributed by atoms with Crippen LogP contribution in [-0.4, -0.2) is 32.0 Å². The predicted octanol–water partition coefficient (Wildman–Crippen LogP) is 4.46. The topological polar surface area (TPSA) is 56.8 Å². The molecule has 146 valence electrons. The number of ether oxygens (including phenoxy) is 3. The van der Waals surface area contributed by atoms with Crippen LogP contribution in [0.5, 0.6) is 17.2 Å². The molecule has 0 fully saturated rings. The van der Waals surface area contributed by atoms with Gasteiger partial charge in [-0.2, -0.15) is 0 Å². The summed E-state index contributed by atoms with van der Waals surface area (Å²) in [6, 6.07) is 13.3. The molecule has 0 aliphatic heterocycles. The van der Waals surface area contributed by atoms with Crippen molar-refractivity contribution in [2.75, 3.05) is 20.8 Å². The number of benzene rings is 2. The number of carbonyl (C=O) groups excluding carboxylic acids is 1. The van der Waals surface area contributed by atoms with Gasteiger partial charge in [0.05, 0.1) is 32.1 Å². The number of amides is 1. The lowest BCUT2D eigenvalue weighted by atomic mass is 10.1. The van der Waals surface area contributed by atoms with Crippen LogP contribution in [0.25, 0.3) is 0 Å². The van der Waals surface area contributed by atoms with Crippen molar-refractivity contribution in [2.24, 2.45) is 0 Å². The first-order chi connectivity index (χ1) is 13.0. The van der Waals surface area contributed by atoms with Crippen molar-refractivity contribution in [1.82, 2.24) is 5.32 Å². The number of hydrogen-bond donors (Lipinski definition) is 1. The van der Waals surface area contributed by atoms with Gasteiger partial charge in [-0.3, -0.25) is 4.79 Å². The zero-order chi connectivity index (χ0) is 19.8. The Kier molecular flexibility index (Phi) is 7.85. The SMILES string of the molecule is CCOc1ccc([C@@H](C)NC(=O)[C@H](C)Sc2ccc(OC)c(OC)c2)cc1. The molecule has 0 radical (unpaired) electrons. The van der Waals surface area contributed by atoms with Gasteiger partial charge in [0.15, 0.2) is 11.5 Å². The Labute approximate surface area is 165 Å². The van der Waals surface area contributed by atoms with Gasteiger partial charge < -0.3 is 19.5 Å². The van der Waals surface area contributed by atoms with E-state index in [-0.39, 0.29) is 17.2 Å². The van der Waals surface area contributed by atoms with E-state index >= 15 is 0 Å². The summed E-state index contributed by atoms with van der Waals surface area (Å²) < 4.78 is 16.0. The number of hydrogen-bond acceptors (Lipinski definition) is 5. The maximum atomic E-state index is 12.6. The zero-order valence-corrected chi connectivity index (χ0v) is 17.3. The van der Waals surface area contributed by atoms with Crippen molar-refractivity contribution in [2.45, 2.75) is 37.0 Å². The summed E-state index contributed by atoms with van der Waals surface area (Å²) in [7, 11) is 3.20. The largest absolute Gasteiger partial charge is 0.494 e. The molecule has 27 heavy (non-hydrogen) atoms. The van der Waals surface area contributed by atoms with E-state index in [1.807, 2.05) is 63.2 Å². The molecule has 0 saturated heterocycles. The first-order valence-corrected chi connectivity index (χ1v) is 9.78. The quantitative estimate of drug-likeness (QED) is 0.642. The van der Waals surface area contributed by atoms with E-state index in [1.54, 1.807) is 14.2 Å². The second-order valence-electron chi connectivity index (χ2n) is 6.01. The molecule has 2 rings (SSSR count). The summed E-state index contributed by atoms with van der Waals surface area (Å²) in [4.78, 5) is 13.5. The Morgan fingerprint density at radius 1 is 1.04 bits per heavy atom. The lowest BCUT2D eigenvalue weighted by molar-refractivity contribution is -0.120. The fourth-order valence-corrected chi connectivity index (χ4v) is 3.49. The summed E-state index contributed by atoms with van der Waals surface area (Å²) in [6.45, 7) is 6.45. The van der Waals surface area contributed by atoms with Crippen molar-refractivity contribution in [1.29, 1.82) is 0 Å². The van der Waals surface area contributed by atoms with Gasteiger partial charge in [0.25, 0.3) is 0 Å². The number of thioether (sulfide) groups is 1. The Hall–Kier alpha value is -2.34. The van der Waals surface area contributed by atoms with E-state index in [9.17, 15) is 4.79 Å². The van der Waals surface area contributed by atoms with Gasteiger partial charge in [0.1, 0.15) is 5.75 Å². The summed E-state index contributed by atoms with van der Waals surface area (Å²) in [5, 5.41) is 2.82. The molecule has 0 heterocycles. The summed E-state index contributed by atoms with van der Waals surface area (Å²) in [6.07, 6.45) is 0. The number of nitrogens with one attached hydrogen (secondary N) is 1. The Bertz CT molecular complexity index is 748. The minimum absolute atomic E-state index is 0.0174. The maximum absolute atomic E-state index is 12.6. The Morgan fingerprint density at radius 2 is 1.70 bits per heavy atom. The summed E-state index contributed by atoms with van der Waals surface area (Å²) in [5.41, 5.74) is 1.04. The molecule has 0 bridgehead atoms. The Morgan fingerprint density at radius 3 is 2.30 bits per heavy atom. The van der Waals surface area contributed by atoms with E-state index in [4.69, 9.17) is 14.2 Å². The fraction of sp³-hybridized carbons (Fsp3) is 0.381. The maximum Gasteiger partial charge on any atom is 0.233 e. The molecule has 5 nitrogen and oxygen atoms in total. The molecule has 0 aliphatic carbocycles. The third kappa shape index (κ3) is 5.82. The van der Waals surface area contributed by atoms with E-state index in [2.05, 4.69) is 5.32 Å². The minimum atomic E-state index is -0.242. The van der Waals surface area contributed by atoms with Crippen molar-refractivity contribution >= 4 is 17.7 Å². The van der Waals surface area contributed by atoms with Crippen molar-refractivity contribution in [3.8, 4) is 17.2 Å². The summed E-state index contributed by atoms with van der Waals surface area (Å²) in [5.74, 6) is 2.13. The van der Waals surface area contributed by atoms with Crippen LogP contribution in [0.1, 0.15) is 32.4 Å². The van der Waals surface area contributed by atoms with Gasteiger partial charge in [-0.1, -0.05) is 12.1 Å². The van der Waals surface area contributed by atoms with Crippen molar-refractivity contribution in [3.63, 3.8) is 0 Å². The normalized spacial score (nSPS) is 12.8. The van der Waals surface area contributed by atoms with Gasteiger partial charge in [-0.15, -0.1) is 11.8 Å². The molecule has 2 atom stereocenters. The van der Waals surface area contributed by atoms with Crippen LogP contribution < -0.4 is 19.5 Å². The second-order valence-corrected chi connectivity index (χ2v) is 7.42. The molecule has 1 amide bonds. The number of methoxy groups -OCH3 is 2. The first kappa shape index (κ1) is 21.0. The van der Waals surface area contributed by atoms with Crippen molar-refractivity contribution < 1.29 is 19.0 Å². The van der Waals surface area contributed by atoms with Crippen LogP contribution in [0.15, 0.2) is 47.4 Å². The van der Waals surface area contributed by atoms with Gasteiger partial charge in [0, 0.05) is 4.90 Å². The smallest absolute Gasteiger partial charge is 0.233 e. The molecule has 1 N–H and O–H groups in total. The average molecular weight is 390 g/mol. The van der Waals surface area contributed by atoms with Crippen LogP contribution in [0, 0.1) is 0 Å². The van der Waals surface area contributed by atoms with Crippen LogP contribution in [0.2, 0.25) is 0 Å². The highest BCUT2D eigenvalue weighted by atomic mass is 32.2. The minimum Gasteiger partial charge on any atom is -0.494 e. The van der Waals surface area contributed by atoms with E-state index in [0.29, 0.717) is 18.1 Å². The van der Waals surface area contributed by atoms with Gasteiger partial charge in [-0.25, -0.2) is 0 Å². The van der Waals surface area contributed by atoms with Crippen LogP contribution in [0.4, 0.5) is 0 Å². The molecular weight excluding hydrogens is 362 g/mol. The van der Waals surface area contributed by atoms with Crippen LogP contribution >= 0.6 is 11.8 Å². The molecule has 0 aliphatic rings. The standard InChI is InChI=1S/C21H27NO4S/c1-6-26-17-9-7-16(8-10-17)14(2)22-21(23)15(3)27-18-11-12-19(24-4)20(13-18)25-5/h7-15H,6H2,1-5H3,(H,22,23)/t14-,15+/m1/s1. The van der Waals surface area contributed by atoms with Crippen LogP contribution in [-0.2, 0) is 4.79 Å². The molecule has 0 spiro atoms. The summed E-state index contributed by atoms with van der Waals surface area (Å²) >= 11 is 1.48. The highest BCUT2D eigenvalue weighted by molar-refractivity contribution is 8.00. The van der Waals surface area contributed by atoms with Gasteiger partial charge in [0.2, 0.25) is 5.91 Å². The molecular formula is C21H27NO4S. The first-order valence-electron chi connectivity index (χ1n) is 8.90. The fourth-order valence-electron chi connectivity index (χ4n) is 2.58. The zero-order valence-electron chi connectivity index (χ0n) is 16.4. The lowest BCUT2D eigenvalue weighted by Crippen LogP contribution is -2.33. The third-order valence-corrected chi connectivity index (χ3v) is 5.18. The van der Waals surface area contributed by atoms with Crippen LogP contribution in [0.3, 0.4) is 0 Å². The van der Waals surface area contributed by atoms with Gasteiger partial charge >= 0.3 is 0 Å². The Balaban J connectivity index is 1.96. The molecule has 6 heteroatoms. The average Bonchev–Trinajstić information content (AvgIpc) is 2.68. The molecule has 0 aromatic heterocycles. The highest BCUT2D eigenvalue weighted by Gasteiger charge is 2.18. The monoisotopic (exact) mass is 389 g/mol. The number of rotatable bonds is 9. The van der Waals surface area contributed by atoms with Gasteiger partial charge in [-0.05, 0) is 56.7 Å². The lowest BCUT2D eigenvalue weighted by Gasteiger charge is -2.18. The number of carbonyl (C=O) groups is 1. The molecule has 0 saturated carbocycles. The predicted molar refractivity (Wildman–Crippen MR) is 109 cm³/mol. The molecule has 2 aromatic rings. The van der Waals surface area contributed by atoms with E-state index in [1.165, 1.54) is 11.8 Å². The second kappa shape index (κ2) is 10.1. The van der Waals surface area contributed by atoms with Crippen molar-refractivity contribution in [3.05, 3.63) is 48.0 Å².